The number of hydrogen-bond acceptors (Lipinski definition) is 4. The van der Waals surface area contributed by atoms with Gasteiger partial charge in [-0.25, -0.2) is 4.39 Å². The van der Waals surface area contributed by atoms with Gasteiger partial charge in [-0.1, -0.05) is 37.8 Å². The summed E-state index contributed by atoms with van der Waals surface area (Å²) in [4.78, 5) is 21.1. The summed E-state index contributed by atoms with van der Waals surface area (Å²) in [6.45, 7) is 2.40. The van der Waals surface area contributed by atoms with Crippen LogP contribution in [0.2, 0.25) is 0 Å². The Bertz CT molecular complexity index is 827. The van der Waals surface area contributed by atoms with E-state index in [1.54, 1.807) is 24.5 Å². The van der Waals surface area contributed by atoms with Crippen molar-refractivity contribution in [1.29, 1.82) is 0 Å². The molecule has 2 fully saturated rings. The van der Waals surface area contributed by atoms with Crippen LogP contribution in [0.15, 0.2) is 42.7 Å². The first-order valence-corrected chi connectivity index (χ1v) is 10.7. The maximum absolute atomic E-state index is 14.0. The molecule has 1 saturated heterocycles. The van der Waals surface area contributed by atoms with Crippen LogP contribution in [-0.2, 0) is 0 Å². The summed E-state index contributed by atoms with van der Waals surface area (Å²) < 4.78 is 14.0. The third-order valence-electron chi connectivity index (χ3n) is 5.97. The third-order valence-corrected chi connectivity index (χ3v) is 5.97. The van der Waals surface area contributed by atoms with Crippen LogP contribution in [0.25, 0.3) is 0 Å². The van der Waals surface area contributed by atoms with Crippen LogP contribution < -0.4 is 10.2 Å². The Morgan fingerprint density at radius 1 is 1.00 bits per heavy atom. The summed E-state index contributed by atoms with van der Waals surface area (Å²) in [5.41, 5.74) is 2.14. The predicted octanol–water partition coefficient (Wildman–Crippen LogP) is 4.32. The van der Waals surface area contributed by atoms with E-state index in [9.17, 15) is 9.18 Å². The number of pyridine rings is 1. The number of piperazine rings is 1. The molecule has 1 N–H and O–H groups in total. The van der Waals surface area contributed by atoms with E-state index in [0.717, 1.165) is 5.69 Å². The Labute approximate surface area is 171 Å². The number of carbonyl (C=O) groups excluding carboxylic acids is 1. The molecule has 29 heavy (non-hydrogen) atoms. The largest absolute Gasteiger partial charge is 0.381 e. The van der Waals surface area contributed by atoms with Crippen LogP contribution in [0.3, 0.4) is 0 Å². The van der Waals surface area contributed by atoms with Gasteiger partial charge in [0.05, 0.1) is 16.9 Å². The second kappa shape index (κ2) is 9.25. The number of halogens is 1. The minimum atomic E-state index is -0.214. The first kappa shape index (κ1) is 19.7. The first-order chi connectivity index (χ1) is 14.2. The van der Waals surface area contributed by atoms with Crippen molar-refractivity contribution in [2.45, 2.75) is 44.6 Å². The summed E-state index contributed by atoms with van der Waals surface area (Å²) in [6, 6.07) is 9.19. The van der Waals surface area contributed by atoms with E-state index in [1.807, 2.05) is 21.9 Å². The zero-order valence-electron chi connectivity index (χ0n) is 16.8. The Morgan fingerprint density at radius 2 is 1.72 bits per heavy atom. The molecule has 1 aliphatic carbocycles. The molecule has 0 atom stereocenters. The molecule has 4 rings (SSSR count). The Kier molecular flexibility index (Phi) is 6.27. The van der Waals surface area contributed by atoms with Gasteiger partial charge in [0.1, 0.15) is 5.82 Å². The van der Waals surface area contributed by atoms with Crippen LogP contribution >= 0.6 is 0 Å². The summed E-state index contributed by atoms with van der Waals surface area (Å²) in [5, 5.41) is 3.57. The van der Waals surface area contributed by atoms with Crippen molar-refractivity contribution in [3.63, 3.8) is 0 Å². The van der Waals surface area contributed by atoms with Crippen LogP contribution in [0.4, 0.5) is 15.8 Å². The van der Waals surface area contributed by atoms with Crippen molar-refractivity contribution in [2.24, 2.45) is 0 Å². The zero-order chi connectivity index (χ0) is 20.1. The minimum Gasteiger partial charge on any atom is -0.381 e. The first-order valence-electron chi connectivity index (χ1n) is 10.7. The van der Waals surface area contributed by atoms with Gasteiger partial charge in [0.2, 0.25) is 0 Å². The number of rotatable bonds is 4. The molecule has 2 heterocycles. The Morgan fingerprint density at radius 3 is 2.45 bits per heavy atom. The molecule has 1 aromatic heterocycles. The summed E-state index contributed by atoms with van der Waals surface area (Å²) in [7, 11) is 0. The lowest BCUT2D eigenvalue weighted by Gasteiger charge is -2.36. The zero-order valence-corrected chi connectivity index (χ0v) is 16.8. The molecule has 0 spiro atoms. The van der Waals surface area contributed by atoms with Crippen molar-refractivity contribution in [1.82, 2.24) is 9.88 Å². The van der Waals surface area contributed by atoms with Crippen LogP contribution in [-0.4, -0.2) is 48.0 Å². The summed E-state index contributed by atoms with van der Waals surface area (Å²) in [6.07, 6.45) is 10.9. The lowest BCUT2D eigenvalue weighted by molar-refractivity contribution is 0.0746. The number of nitrogens with one attached hydrogen (secondary N) is 1. The number of anilines is 2. The number of para-hydroxylation sites is 1. The van der Waals surface area contributed by atoms with Gasteiger partial charge < -0.3 is 15.1 Å². The highest BCUT2D eigenvalue weighted by molar-refractivity contribution is 5.95. The van der Waals surface area contributed by atoms with Crippen LogP contribution in [0, 0.1) is 5.82 Å². The molecule has 0 unspecified atom stereocenters. The highest BCUT2D eigenvalue weighted by Gasteiger charge is 2.24. The van der Waals surface area contributed by atoms with Gasteiger partial charge in [-0.3, -0.25) is 9.78 Å². The maximum Gasteiger partial charge on any atom is 0.255 e. The smallest absolute Gasteiger partial charge is 0.255 e. The average Bonchev–Trinajstić information content (AvgIpc) is 3.03. The molecule has 2 aliphatic rings. The molecular weight excluding hydrogens is 367 g/mol. The molecule has 1 aliphatic heterocycles. The molecule has 0 radical (unpaired) electrons. The minimum absolute atomic E-state index is 0.00444. The van der Waals surface area contributed by atoms with E-state index in [2.05, 4.69) is 10.3 Å². The van der Waals surface area contributed by atoms with E-state index in [4.69, 9.17) is 0 Å². The third kappa shape index (κ3) is 4.86. The quantitative estimate of drug-likeness (QED) is 0.782. The molecule has 6 heteroatoms. The van der Waals surface area contributed by atoms with Gasteiger partial charge in [0, 0.05) is 44.6 Å². The fourth-order valence-corrected chi connectivity index (χ4v) is 4.34. The maximum atomic E-state index is 14.0. The van der Waals surface area contributed by atoms with Crippen LogP contribution in [0.1, 0.15) is 48.9 Å². The number of benzene rings is 1. The number of hydrogen-bond donors (Lipinski definition) is 1. The van der Waals surface area contributed by atoms with Gasteiger partial charge in [-0.15, -0.1) is 0 Å². The molecule has 0 bridgehead atoms. The Hall–Kier alpha value is -2.63. The van der Waals surface area contributed by atoms with Crippen molar-refractivity contribution in [2.75, 3.05) is 36.4 Å². The SMILES string of the molecule is O=C(c1cncc(NC2CCCCCC2)c1)N1CCN(c2ccccc2F)CC1. The second-order valence-corrected chi connectivity index (χ2v) is 8.03. The Balaban J connectivity index is 1.37. The van der Waals surface area contributed by atoms with Gasteiger partial charge in [0.25, 0.3) is 5.91 Å². The van der Waals surface area contributed by atoms with E-state index >= 15 is 0 Å². The normalized spacial score (nSPS) is 18.4. The van der Waals surface area contributed by atoms with E-state index in [-0.39, 0.29) is 11.7 Å². The number of amides is 1. The lowest BCUT2D eigenvalue weighted by atomic mass is 10.1. The molecule has 2 aromatic rings. The standard InChI is InChI=1S/C23H29FN4O/c24-21-9-5-6-10-22(21)27-11-13-28(14-12-27)23(29)18-15-20(17-25-16-18)26-19-7-3-1-2-4-8-19/h5-6,9-10,15-17,19,26H,1-4,7-8,11-14H2. The monoisotopic (exact) mass is 396 g/mol. The van der Waals surface area contributed by atoms with Gasteiger partial charge in [-0.2, -0.15) is 0 Å². The lowest BCUT2D eigenvalue weighted by Crippen LogP contribution is -2.49. The van der Waals surface area contributed by atoms with E-state index in [0.29, 0.717) is 43.5 Å². The summed E-state index contributed by atoms with van der Waals surface area (Å²) in [5.74, 6) is -0.219. The molecular formula is C23H29FN4O. The number of nitrogens with zero attached hydrogens (tertiary/aromatic N) is 3. The van der Waals surface area contributed by atoms with E-state index < -0.39 is 0 Å². The fraction of sp³-hybridized carbons (Fsp3) is 0.478. The van der Waals surface area contributed by atoms with Crippen molar-refractivity contribution >= 4 is 17.3 Å². The topological polar surface area (TPSA) is 48.5 Å². The molecule has 1 aromatic carbocycles. The van der Waals surface area contributed by atoms with E-state index in [1.165, 1.54) is 44.6 Å². The number of aromatic nitrogens is 1. The van der Waals surface area contributed by atoms with Crippen molar-refractivity contribution in [3.05, 3.63) is 54.1 Å². The second-order valence-electron chi connectivity index (χ2n) is 8.03. The molecule has 1 saturated carbocycles. The van der Waals surface area contributed by atoms with Crippen LogP contribution in [0.5, 0.6) is 0 Å². The van der Waals surface area contributed by atoms with Crippen molar-refractivity contribution < 1.29 is 9.18 Å². The van der Waals surface area contributed by atoms with Crippen molar-refractivity contribution in [3.8, 4) is 0 Å². The highest BCUT2D eigenvalue weighted by atomic mass is 19.1. The number of carbonyl (C=O) groups is 1. The molecule has 5 nitrogen and oxygen atoms in total. The fourth-order valence-electron chi connectivity index (χ4n) is 4.34. The summed E-state index contributed by atoms with van der Waals surface area (Å²) >= 11 is 0. The predicted molar refractivity (Wildman–Crippen MR) is 114 cm³/mol. The molecule has 1 amide bonds. The van der Waals surface area contributed by atoms with Gasteiger partial charge in [-0.05, 0) is 31.0 Å². The van der Waals surface area contributed by atoms with Gasteiger partial charge in [0.15, 0.2) is 0 Å². The highest BCUT2D eigenvalue weighted by Crippen LogP contribution is 2.23. The average molecular weight is 397 g/mol. The van der Waals surface area contributed by atoms with Gasteiger partial charge >= 0.3 is 0 Å². The molecule has 154 valence electrons.